The van der Waals surface area contributed by atoms with Crippen LogP contribution in [0.1, 0.15) is 58.4 Å². The minimum atomic E-state index is -1.01. The summed E-state index contributed by atoms with van der Waals surface area (Å²) in [5.74, 6) is 0.248. The van der Waals surface area contributed by atoms with Gasteiger partial charge in [0.25, 0.3) is 0 Å². The van der Waals surface area contributed by atoms with E-state index < -0.39 is 12.1 Å². The number of unbranched alkanes of at least 4 members (excludes halogenated alkanes) is 1. The predicted octanol–water partition coefficient (Wildman–Crippen LogP) is 4.67. The molecule has 1 unspecified atom stereocenters. The van der Waals surface area contributed by atoms with E-state index in [1.165, 1.54) is 0 Å². The summed E-state index contributed by atoms with van der Waals surface area (Å²) in [6, 6.07) is 7.50. The van der Waals surface area contributed by atoms with Crippen LogP contribution in [-0.4, -0.2) is 34.7 Å². The van der Waals surface area contributed by atoms with Crippen LogP contribution in [0.15, 0.2) is 36.4 Å². The molecule has 0 aromatic heterocycles. The van der Waals surface area contributed by atoms with Crippen LogP contribution >= 0.6 is 0 Å². The number of allylic oxidation sites excluding steroid dienone is 1. The zero-order valence-electron chi connectivity index (χ0n) is 18.9. The molecule has 31 heavy (non-hydrogen) atoms. The smallest absolute Gasteiger partial charge is 0.341 e. The molecule has 5 nitrogen and oxygen atoms in total. The Bertz CT molecular complexity index is 812. The van der Waals surface area contributed by atoms with E-state index in [0.29, 0.717) is 18.0 Å². The van der Waals surface area contributed by atoms with Crippen LogP contribution in [0, 0.1) is 29.1 Å². The number of fused-ring (bicyclic) bond motifs is 2. The third-order valence-electron chi connectivity index (χ3n) is 7.27. The second-order valence-corrected chi connectivity index (χ2v) is 9.85. The number of carboxylic acid groups (broad SMARTS) is 1. The number of aliphatic carboxylic acids is 1. The first-order valence-electron chi connectivity index (χ1n) is 11.6. The van der Waals surface area contributed by atoms with Gasteiger partial charge in [0.1, 0.15) is 11.5 Å². The van der Waals surface area contributed by atoms with Crippen LogP contribution in [0.2, 0.25) is 0 Å². The molecule has 2 fully saturated rings. The third kappa shape index (κ3) is 5.38. The second-order valence-electron chi connectivity index (χ2n) is 9.85. The highest BCUT2D eigenvalue weighted by molar-refractivity contribution is 5.88. The number of benzene rings is 1. The van der Waals surface area contributed by atoms with E-state index in [1.807, 2.05) is 24.3 Å². The van der Waals surface area contributed by atoms with Gasteiger partial charge in [0.05, 0.1) is 6.10 Å². The standard InChI is InChI=1S/C26H36O5/c1-4-5-14-26(2,3)23(27)13-12-18-19-10-11-20(25(19)30)21(18)15-17-8-6-7-9-22(17)31-16-24(28)29/h6-9,12-13,18-21,23,27H,4-5,10-11,14-16H2,1-3H3,(H,28,29)/t18-,19+,20-,21-,23?/m0/s1. The van der Waals surface area contributed by atoms with Gasteiger partial charge >= 0.3 is 5.97 Å². The first kappa shape index (κ1) is 23.5. The van der Waals surface area contributed by atoms with E-state index in [2.05, 4.69) is 26.8 Å². The Balaban J connectivity index is 1.77. The van der Waals surface area contributed by atoms with Gasteiger partial charge in [0, 0.05) is 11.8 Å². The predicted molar refractivity (Wildman–Crippen MR) is 120 cm³/mol. The molecule has 0 amide bonds. The molecule has 0 spiro atoms. The molecule has 0 aliphatic heterocycles. The molecule has 2 bridgehead atoms. The molecule has 5 atom stereocenters. The lowest BCUT2D eigenvalue weighted by molar-refractivity contribution is -0.139. The van der Waals surface area contributed by atoms with Crippen LogP contribution < -0.4 is 4.74 Å². The summed E-state index contributed by atoms with van der Waals surface area (Å²) in [7, 11) is 0. The Morgan fingerprint density at radius 3 is 2.68 bits per heavy atom. The van der Waals surface area contributed by atoms with E-state index >= 15 is 0 Å². The molecule has 5 heteroatoms. The van der Waals surface area contributed by atoms with E-state index in [4.69, 9.17) is 9.84 Å². The number of carbonyl (C=O) groups is 2. The molecule has 1 aromatic rings. The van der Waals surface area contributed by atoms with E-state index in [0.717, 1.165) is 37.7 Å². The van der Waals surface area contributed by atoms with Gasteiger partial charge in [0.2, 0.25) is 0 Å². The molecular weight excluding hydrogens is 392 g/mol. The fourth-order valence-electron chi connectivity index (χ4n) is 5.33. The Morgan fingerprint density at radius 2 is 1.97 bits per heavy atom. The number of para-hydroxylation sites is 1. The first-order chi connectivity index (χ1) is 14.7. The zero-order chi connectivity index (χ0) is 22.6. The lowest BCUT2D eigenvalue weighted by atomic mass is 9.75. The Labute approximate surface area is 185 Å². The Morgan fingerprint density at radius 1 is 1.26 bits per heavy atom. The lowest BCUT2D eigenvalue weighted by Crippen LogP contribution is -2.28. The molecular formula is C26H36O5. The average Bonchev–Trinajstić information content (AvgIpc) is 3.22. The van der Waals surface area contributed by atoms with Crippen LogP contribution in [0.3, 0.4) is 0 Å². The van der Waals surface area contributed by atoms with Crippen LogP contribution in [0.25, 0.3) is 0 Å². The molecule has 0 radical (unpaired) electrons. The summed E-state index contributed by atoms with van der Waals surface area (Å²) in [5.41, 5.74) is 0.747. The zero-order valence-corrected chi connectivity index (χ0v) is 18.9. The lowest BCUT2D eigenvalue weighted by Gasteiger charge is -2.31. The van der Waals surface area contributed by atoms with Gasteiger partial charge in [-0.15, -0.1) is 0 Å². The fraction of sp³-hybridized carbons (Fsp3) is 0.615. The van der Waals surface area contributed by atoms with Crippen molar-refractivity contribution in [1.82, 2.24) is 0 Å². The molecule has 2 N–H and O–H groups in total. The van der Waals surface area contributed by atoms with Gasteiger partial charge in [-0.3, -0.25) is 4.79 Å². The van der Waals surface area contributed by atoms with Crippen molar-refractivity contribution in [2.45, 2.75) is 65.4 Å². The molecule has 2 aliphatic carbocycles. The highest BCUT2D eigenvalue weighted by atomic mass is 16.5. The van der Waals surface area contributed by atoms with Crippen molar-refractivity contribution >= 4 is 11.8 Å². The number of rotatable bonds is 11. The maximum atomic E-state index is 12.9. The first-order valence-corrected chi connectivity index (χ1v) is 11.6. The number of aliphatic hydroxyl groups is 1. The van der Waals surface area contributed by atoms with Gasteiger partial charge in [-0.1, -0.05) is 64.0 Å². The summed E-state index contributed by atoms with van der Waals surface area (Å²) in [6.07, 6.45) is 9.12. The topological polar surface area (TPSA) is 83.8 Å². The average molecular weight is 429 g/mol. The Hall–Kier alpha value is -2.14. The largest absolute Gasteiger partial charge is 0.482 e. The highest BCUT2D eigenvalue weighted by Crippen LogP contribution is 2.52. The van der Waals surface area contributed by atoms with E-state index in [-0.39, 0.29) is 35.7 Å². The van der Waals surface area contributed by atoms with E-state index in [1.54, 1.807) is 6.07 Å². The van der Waals surface area contributed by atoms with Gasteiger partial charge in [-0.05, 0) is 54.6 Å². The number of Topliss-reactive ketones (excluding diaryl/α,β-unsaturated/α-hetero) is 1. The van der Waals surface area contributed by atoms with Crippen LogP contribution in [0.4, 0.5) is 0 Å². The number of carboxylic acids is 1. The normalized spacial score (nSPS) is 26.5. The van der Waals surface area contributed by atoms with Crippen molar-refractivity contribution in [1.29, 1.82) is 0 Å². The molecule has 0 saturated heterocycles. The van der Waals surface area contributed by atoms with Crippen LogP contribution in [-0.2, 0) is 16.0 Å². The summed E-state index contributed by atoms with van der Waals surface area (Å²) < 4.78 is 5.49. The van der Waals surface area contributed by atoms with Gasteiger partial charge < -0.3 is 14.9 Å². The third-order valence-corrected chi connectivity index (χ3v) is 7.27. The number of hydrogen-bond acceptors (Lipinski definition) is 4. The maximum Gasteiger partial charge on any atom is 0.341 e. The highest BCUT2D eigenvalue weighted by Gasteiger charge is 2.52. The number of ether oxygens (including phenoxy) is 1. The molecule has 3 rings (SSSR count). The number of ketones is 1. The number of hydrogen-bond donors (Lipinski definition) is 2. The van der Waals surface area contributed by atoms with Crippen molar-refractivity contribution in [2.75, 3.05) is 6.61 Å². The fourth-order valence-corrected chi connectivity index (χ4v) is 5.33. The van der Waals surface area contributed by atoms with Crippen LogP contribution in [0.5, 0.6) is 5.75 Å². The molecule has 170 valence electrons. The molecule has 2 saturated carbocycles. The number of carbonyl (C=O) groups excluding carboxylic acids is 1. The van der Waals surface area contributed by atoms with Crippen molar-refractivity contribution in [3.8, 4) is 5.75 Å². The summed E-state index contributed by atoms with van der Waals surface area (Å²) in [6.45, 7) is 5.96. The number of aliphatic hydroxyl groups excluding tert-OH is 1. The molecule has 2 aliphatic rings. The molecule has 1 aromatic carbocycles. The SMILES string of the molecule is CCCCC(C)(C)C(O)C=C[C@@H]1[C@H](Cc2ccccc2OCC(=O)O)[C@@H]2CC[C@H]1C2=O. The van der Waals surface area contributed by atoms with Gasteiger partial charge in [-0.25, -0.2) is 4.79 Å². The minimum Gasteiger partial charge on any atom is -0.482 e. The Kier molecular flexibility index (Phi) is 7.58. The quantitative estimate of drug-likeness (QED) is 0.501. The summed E-state index contributed by atoms with van der Waals surface area (Å²) >= 11 is 0. The monoisotopic (exact) mass is 428 g/mol. The van der Waals surface area contributed by atoms with Crippen molar-refractivity contribution < 1.29 is 24.5 Å². The molecule has 0 heterocycles. The van der Waals surface area contributed by atoms with Crippen molar-refractivity contribution in [2.24, 2.45) is 29.1 Å². The second kappa shape index (κ2) is 9.99. The maximum absolute atomic E-state index is 12.9. The summed E-state index contributed by atoms with van der Waals surface area (Å²) in [4.78, 5) is 23.8. The van der Waals surface area contributed by atoms with Crippen molar-refractivity contribution in [3.63, 3.8) is 0 Å². The minimum absolute atomic E-state index is 0.0318. The van der Waals surface area contributed by atoms with Gasteiger partial charge in [0.15, 0.2) is 6.61 Å². The van der Waals surface area contributed by atoms with Crippen molar-refractivity contribution in [3.05, 3.63) is 42.0 Å². The van der Waals surface area contributed by atoms with E-state index in [9.17, 15) is 14.7 Å². The summed E-state index contributed by atoms with van der Waals surface area (Å²) in [5, 5.41) is 19.7. The van der Waals surface area contributed by atoms with Gasteiger partial charge in [-0.2, -0.15) is 0 Å².